The van der Waals surface area contributed by atoms with Crippen LogP contribution < -0.4 is 0 Å². The van der Waals surface area contributed by atoms with Gasteiger partial charge in [0, 0.05) is 12.5 Å². The number of hydrogen-bond acceptors (Lipinski definition) is 4. The monoisotopic (exact) mass is 411 g/mol. The van der Waals surface area contributed by atoms with Crippen LogP contribution >= 0.6 is 0 Å². The van der Waals surface area contributed by atoms with Crippen molar-refractivity contribution in [3.63, 3.8) is 0 Å². The van der Waals surface area contributed by atoms with Crippen molar-refractivity contribution < 1.29 is 19.7 Å². The molecule has 30 heavy (non-hydrogen) atoms. The summed E-state index contributed by atoms with van der Waals surface area (Å²) in [6.45, 7) is 5.98. The number of ether oxygens (including phenoxy) is 1. The summed E-state index contributed by atoms with van der Waals surface area (Å²) in [5.41, 5.74) is 0.0515. The predicted octanol–water partition coefficient (Wildman–Crippen LogP) is 4.66. The smallest absolute Gasteiger partial charge is 0.410 e. The number of aliphatic hydroxyl groups excluding tert-OH is 1. The highest BCUT2D eigenvalue weighted by atomic mass is 16.6. The quantitative estimate of drug-likeness (QED) is 0.751. The summed E-state index contributed by atoms with van der Waals surface area (Å²) >= 11 is 0. The molecule has 1 heterocycles. The molecule has 1 aliphatic rings. The van der Waals surface area contributed by atoms with Crippen LogP contribution in [-0.4, -0.2) is 45.6 Å². The van der Waals surface area contributed by atoms with Crippen LogP contribution in [0.4, 0.5) is 4.79 Å². The van der Waals surface area contributed by atoms with Gasteiger partial charge in [-0.15, -0.1) is 0 Å². The van der Waals surface area contributed by atoms with Gasteiger partial charge in [-0.2, -0.15) is 0 Å². The highest BCUT2D eigenvalue weighted by Crippen LogP contribution is 2.45. The van der Waals surface area contributed by atoms with Crippen LogP contribution in [0.1, 0.15) is 63.1 Å². The van der Waals surface area contributed by atoms with E-state index in [1.807, 2.05) is 81.4 Å². The number of piperidine rings is 1. The highest BCUT2D eigenvalue weighted by Gasteiger charge is 2.48. The number of amides is 1. The number of likely N-dealkylation sites (tertiary alicyclic amines) is 1. The third-order valence-electron chi connectivity index (χ3n) is 5.66. The fourth-order valence-electron chi connectivity index (χ4n) is 4.41. The summed E-state index contributed by atoms with van der Waals surface area (Å²) in [7, 11) is 0. The van der Waals surface area contributed by atoms with Gasteiger partial charge in [-0.1, -0.05) is 60.7 Å². The number of rotatable bonds is 5. The van der Waals surface area contributed by atoms with Crippen LogP contribution in [0.15, 0.2) is 60.7 Å². The predicted molar refractivity (Wildman–Crippen MR) is 117 cm³/mol. The number of benzene rings is 2. The van der Waals surface area contributed by atoms with Gasteiger partial charge in [0.1, 0.15) is 5.60 Å². The number of carbonyl (C=O) groups is 1. The second-order valence-corrected chi connectivity index (χ2v) is 9.19. The van der Waals surface area contributed by atoms with Crippen LogP contribution in [0.25, 0.3) is 0 Å². The molecule has 3 atom stereocenters. The van der Waals surface area contributed by atoms with E-state index in [0.29, 0.717) is 25.8 Å². The Hall–Kier alpha value is -2.37. The summed E-state index contributed by atoms with van der Waals surface area (Å²) < 4.78 is 5.66. The van der Waals surface area contributed by atoms with Gasteiger partial charge in [0.2, 0.25) is 0 Å². The summed E-state index contributed by atoms with van der Waals surface area (Å²) in [5.74, 6) is -0.221. The molecule has 2 N–H and O–H groups in total. The zero-order valence-electron chi connectivity index (χ0n) is 18.1. The lowest BCUT2D eigenvalue weighted by molar-refractivity contribution is -0.0954. The molecule has 162 valence electrons. The lowest BCUT2D eigenvalue weighted by Crippen LogP contribution is -2.54. The fraction of sp³-hybridized carbons (Fsp3) is 0.480. The Balaban J connectivity index is 1.97. The van der Waals surface area contributed by atoms with Crippen LogP contribution in [0.2, 0.25) is 0 Å². The molecule has 1 fully saturated rings. The van der Waals surface area contributed by atoms with Gasteiger partial charge in [-0.3, -0.25) is 4.90 Å². The van der Waals surface area contributed by atoms with Crippen molar-refractivity contribution >= 4 is 6.09 Å². The molecule has 2 aromatic rings. The minimum atomic E-state index is -1.18. The van der Waals surface area contributed by atoms with Gasteiger partial charge in [-0.05, 0) is 51.2 Å². The molecule has 0 aromatic heterocycles. The number of nitrogens with zero attached hydrogens (tertiary/aromatic N) is 1. The van der Waals surface area contributed by atoms with Gasteiger partial charge < -0.3 is 14.9 Å². The molecule has 0 aliphatic carbocycles. The van der Waals surface area contributed by atoms with E-state index < -0.39 is 23.3 Å². The molecular formula is C25H33NO4. The van der Waals surface area contributed by atoms with E-state index in [0.717, 1.165) is 11.1 Å². The van der Waals surface area contributed by atoms with Crippen molar-refractivity contribution in [1.82, 2.24) is 4.90 Å². The first-order valence-electron chi connectivity index (χ1n) is 10.7. The van der Waals surface area contributed by atoms with E-state index >= 15 is 0 Å². The fourth-order valence-corrected chi connectivity index (χ4v) is 4.41. The average molecular weight is 412 g/mol. The van der Waals surface area contributed by atoms with Gasteiger partial charge in [-0.25, -0.2) is 4.79 Å². The first kappa shape index (κ1) is 22.3. The van der Waals surface area contributed by atoms with Crippen molar-refractivity contribution in [3.05, 3.63) is 71.8 Å². The second-order valence-electron chi connectivity index (χ2n) is 9.19. The van der Waals surface area contributed by atoms with Crippen LogP contribution in [-0.2, 0) is 4.74 Å². The van der Waals surface area contributed by atoms with Crippen molar-refractivity contribution in [2.75, 3.05) is 13.2 Å². The minimum Gasteiger partial charge on any atom is -0.444 e. The molecular weight excluding hydrogens is 378 g/mol. The first-order chi connectivity index (χ1) is 14.2. The van der Waals surface area contributed by atoms with E-state index in [9.17, 15) is 15.0 Å². The Morgan fingerprint density at radius 1 is 1.13 bits per heavy atom. The third-order valence-corrected chi connectivity index (χ3v) is 5.66. The average Bonchev–Trinajstić information content (AvgIpc) is 2.72. The molecule has 1 aliphatic heterocycles. The maximum Gasteiger partial charge on any atom is 0.410 e. The lowest BCUT2D eigenvalue weighted by Gasteiger charge is -2.48. The van der Waals surface area contributed by atoms with E-state index in [1.54, 1.807) is 4.90 Å². The topological polar surface area (TPSA) is 70.0 Å². The SMILES string of the molecule is CC(C)(C)OC(=O)N1CCCC(O)(C[C@H](CO)c2ccccc2)C1c1ccccc1. The number of carbonyl (C=O) groups excluding carboxylic acids is 1. The minimum absolute atomic E-state index is 0.0692. The van der Waals surface area contributed by atoms with Gasteiger partial charge in [0.15, 0.2) is 0 Å². The number of hydrogen-bond donors (Lipinski definition) is 2. The summed E-state index contributed by atoms with van der Waals surface area (Å²) in [6.07, 6.45) is 1.16. The Kier molecular flexibility index (Phi) is 6.84. The van der Waals surface area contributed by atoms with Crippen molar-refractivity contribution in [2.45, 2.75) is 63.2 Å². The van der Waals surface area contributed by atoms with Gasteiger partial charge in [0.05, 0.1) is 18.2 Å². The number of aliphatic hydroxyl groups is 2. The van der Waals surface area contributed by atoms with Gasteiger partial charge >= 0.3 is 6.09 Å². The van der Waals surface area contributed by atoms with Crippen molar-refractivity contribution in [3.8, 4) is 0 Å². The molecule has 0 radical (unpaired) electrons. The van der Waals surface area contributed by atoms with Crippen molar-refractivity contribution in [1.29, 1.82) is 0 Å². The molecule has 3 rings (SSSR count). The van der Waals surface area contributed by atoms with Gasteiger partial charge in [0.25, 0.3) is 0 Å². The molecule has 2 aromatic carbocycles. The molecule has 2 unspecified atom stereocenters. The van der Waals surface area contributed by atoms with E-state index in [-0.39, 0.29) is 12.5 Å². The highest BCUT2D eigenvalue weighted by molar-refractivity contribution is 5.69. The maximum absolute atomic E-state index is 13.1. The summed E-state index contributed by atoms with van der Waals surface area (Å²) in [4.78, 5) is 14.7. The van der Waals surface area contributed by atoms with Crippen LogP contribution in [0, 0.1) is 0 Å². The molecule has 5 heteroatoms. The summed E-state index contributed by atoms with van der Waals surface area (Å²) in [5, 5.41) is 22.0. The third kappa shape index (κ3) is 5.21. The van der Waals surface area contributed by atoms with E-state index in [4.69, 9.17) is 4.74 Å². The molecule has 5 nitrogen and oxygen atoms in total. The molecule has 0 saturated carbocycles. The zero-order chi connectivity index (χ0) is 21.8. The van der Waals surface area contributed by atoms with E-state index in [2.05, 4.69) is 0 Å². The molecule has 0 spiro atoms. The largest absolute Gasteiger partial charge is 0.444 e. The molecule has 1 saturated heterocycles. The van der Waals surface area contributed by atoms with Crippen molar-refractivity contribution in [2.24, 2.45) is 0 Å². The van der Waals surface area contributed by atoms with E-state index in [1.165, 1.54) is 0 Å². The standard InChI is InChI=1S/C25H33NO4/c1-24(2,3)30-23(28)26-16-10-15-25(29,22(26)20-13-8-5-9-14-20)17-21(18-27)19-11-6-4-7-12-19/h4-9,11-14,21-22,27,29H,10,15-18H2,1-3H3/t21-,22?,25?/m1/s1. The molecule has 1 amide bonds. The normalized spacial score (nSPS) is 23.1. The zero-order valence-corrected chi connectivity index (χ0v) is 18.1. The summed E-state index contributed by atoms with van der Waals surface area (Å²) in [6, 6.07) is 18.8. The lowest BCUT2D eigenvalue weighted by atomic mass is 9.74. The maximum atomic E-state index is 13.1. The Morgan fingerprint density at radius 2 is 1.73 bits per heavy atom. The molecule has 0 bridgehead atoms. The van der Waals surface area contributed by atoms with Crippen LogP contribution in [0.3, 0.4) is 0 Å². The Morgan fingerprint density at radius 3 is 2.30 bits per heavy atom. The first-order valence-corrected chi connectivity index (χ1v) is 10.7. The Bertz CT molecular complexity index is 818. The Labute approximate surface area is 179 Å². The van der Waals surface area contributed by atoms with Crippen LogP contribution in [0.5, 0.6) is 0 Å². The second kappa shape index (κ2) is 9.19.